The number of halogens is 2. The summed E-state index contributed by atoms with van der Waals surface area (Å²) in [5.41, 5.74) is 2.39. The van der Waals surface area contributed by atoms with Crippen LogP contribution in [0, 0.1) is 0 Å². The van der Waals surface area contributed by atoms with Crippen LogP contribution in [0.25, 0.3) is 0 Å². The monoisotopic (exact) mass is 407 g/mol. The number of amides is 1. The van der Waals surface area contributed by atoms with Crippen LogP contribution in [0.4, 0.5) is 0 Å². The van der Waals surface area contributed by atoms with Gasteiger partial charge in [-0.2, -0.15) is 0 Å². The Kier molecular flexibility index (Phi) is 4.45. The van der Waals surface area contributed by atoms with E-state index in [1.807, 2.05) is 24.3 Å². The fourth-order valence-electron chi connectivity index (χ4n) is 2.81. The molecule has 0 aliphatic carbocycles. The van der Waals surface area contributed by atoms with Gasteiger partial charge in [0.2, 0.25) is 5.91 Å². The van der Waals surface area contributed by atoms with Gasteiger partial charge in [0.05, 0.1) is 6.04 Å². The van der Waals surface area contributed by atoms with E-state index in [1.165, 1.54) is 5.56 Å². The molecule has 1 fully saturated rings. The lowest BCUT2D eigenvalue weighted by Gasteiger charge is -2.30. The molecule has 3 rings (SSSR count). The van der Waals surface area contributed by atoms with Gasteiger partial charge >= 0.3 is 0 Å². The molecule has 0 radical (unpaired) electrons. The fraction of sp³-hybridized carbons (Fsp3) is 0.235. The van der Waals surface area contributed by atoms with Crippen molar-refractivity contribution in [3.05, 3.63) is 68.6 Å². The molecule has 1 saturated heterocycles. The van der Waals surface area contributed by atoms with Gasteiger partial charge in [0.25, 0.3) is 0 Å². The summed E-state index contributed by atoms with van der Waals surface area (Å²) in [6.45, 7) is 0. The first-order valence-electron chi connectivity index (χ1n) is 6.92. The molecule has 0 aromatic heterocycles. The average Bonchev–Trinajstić information content (AvgIpc) is 2.48. The van der Waals surface area contributed by atoms with Gasteiger partial charge < -0.3 is 5.32 Å². The van der Waals surface area contributed by atoms with Gasteiger partial charge in [0.1, 0.15) is 0 Å². The van der Waals surface area contributed by atoms with E-state index in [0.29, 0.717) is 6.42 Å². The number of hydrogen-bond acceptors (Lipinski definition) is 1. The Hall–Kier alpha value is -1.13. The van der Waals surface area contributed by atoms with Crippen molar-refractivity contribution < 1.29 is 4.79 Å². The summed E-state index contributed by atoms with van der Waals surface area (Å²) < 4.78 is 2.12. The highest BCUT2D eigenvalue weighted by molar-refractivity contribution is 9.10. The van der Waals surface area contributed by atoms with Crippen molar-refractivity contribution in [2.24, 2.45) is 0 Å². The first kappa shape index (κ1) is 14.8. The lowest BCUT2D eigenvalue weighted by molar-refractivity contribution is -0.123. The lowest BCUT2D eigenvalue weighted by Crippen LogP contribution is -2.35. The number of nitrogens with one attached hydrogen (secondary N) is 1. The number of carbonyl (C=O) groups excluding carboxylic acids is 1. The van der Waals surface area contributed by atoms with E-state index in [2.05, 4.69) is 61.4 Å². The maximum absolute atomic E-state index is 12.0. The van der Waals surface area contributed by atoms with Gasteiger partial charge in [-0.3, -0.25) is 4.79 Å². The van der Waals surface area contributed by atoms with E-state index in [-0.39, 0.29) is 17.9 Å². The largest absolute Gasteiger partial charge is 0.349 e. The second-order valence-corrected chi connectivity index (χ2v) is 7.19. The molecule has 0 bridgehead atoms. The molecule has 21 heavy (non-hydrogen) atoms. The summed E-state index contributed by atoms with van der Waals surface area (Å²) in [5, 5.41) is 3.10. The second-order valence-electron chi connectivity index (χ2n) is 5.36. The van der Waals surface area contributed by atoms with Crippen LogP contribution in [0.15, 0.2) is 57.5 Å². The highest BCUT2D eigenvalue weighted by Gasteiger charge is 2.28. The minimum atomic E-state index is 0.0907. The molecule has 2 aromatic carbocycles. The zero-order valence-corrected chi connectivity index (χ0v) is 14.5. The predicted octanol–water partition coefficient (Wildman–Crippen LogP) is 4.95. The molecule has 4 heteroatoms. The zero-order chi connectivity index (χ0) is 14.8. The quantitative estimate of drug-likeness (QED) is 0.748. The van der Waals surface area contributed by atoms with Crippen molar-refractivity contribution in [1.82, 2.24) is 5.32 Å². The summed E-state index contributed by atoms with van der Waals surface area (Å²) in [7, 11) is 0. The highest BCUT2D eigenvalue weighted by atomic mass is 79.9. The van der Waals surface area contributed by atoms with Crippen molar-refractivity contribution >= 4 is 37.8 Å². The van der Waals surface area contributed by atoms with E-state index in [0.717, 1.165) is 20.9 Å². The van der Waals surface area contributed by atoms with Crippen LogP contribution < -0.4 is 5.32 Å². The molecule has 0 spiro atoms. The molecule has 1 amide bonds. The molecule has 1 aliphatic heterocycles. The van der Waals surface area contributed by atoms with Crippen LogP contribution in [-0.2, 0) is 4.79 Å². The molecule has 1 heterocycles. The minimum absolute atomic E-state index is 0.0907. The highest BCUT2D eigenvalue weighted by Crippen LogP contribution is 2.35. The molecule has 0 saturated carbocycles. The molecule has 2 unspecified atom stereocenters. The molecule has 1 aliphatic rings. The first-order chi connectivity index (χ1) is 10.1. The van der Waals surface area contributed by atoms with E-state index in [9.17, 15) is 4.79 Å². The second kappa shape index (κ2) is 6.32. The number of piperidine rings is 1. The topological polar surface area (TPSA) is 29.1 Å². The van der Waals surface area contributed by atoms with Crippen molar-refractivity contribution in [3.63, 3.8) is 0 Å². The summed E-state index contributed by atoms with van der Waals surface area (Å²) in [6, 6.07) is 16.5. The van der Waals surface area contributed by atoms with Gasteiger partial charge in [-0.05, 0) is 47.7 Å². The Morgan fingerprint density at radius 2 is 1.38 bits per heavy atom. The lowest BCUT2D eigenvalue weighted by atomic mass is 9.84. The zero-order valence-electron chi connectivity index (χ0n) is 11.4. The van der Waals surface area contributed by atoms with Gasteiger partial charge in [-0.25, -0.2) is 0 Å². The van der Waals surface area contributed by atoms with E-state index in [4.69, 9.17) is 0 Å². The van der Waals surface area contributed by atoms with Crippen molar-refractivity contribution in [2.75, 3.05) is 0 Å². The maximum atomic E-state index is 12.0. The summed E-state index contributed by atoms with van der Waals surface area (Å²) in [4.78, 5) is 12.0. The predicted molar refractivity (Wildman–Crippen MR) is 91.1 cm³/mol. The Bertz CT molecular complexity index is 581. The van der Waals surface area contributed by atoms with Crippen LogP contribution in [-0.4, -0.2) is 5.91 Å². The van der Waals surface area contributed by atoms with Gasteiger partial charge in [-0.15, -0.1) is 0 Å². The van der Waals surface area contributed by atoms with Crippen LogP contribution >= 0.6 is 31.9 Å². The van der Waals surface area contributed by atoms with Gasteiger partial charge in [-0.1, -0.05) is 56.1 Å². The van der Waals surface area contributed by atoms with Gasteiger partial charge in [0.15, 0.2) is 0 Å². The molecule has 2 atom stereocenters. The number of hydrogen-bond donors (Lipinski definition) is 1. The third-order valence-electron chi connectivity index (χ3n) is 3.90. The summed E-state index contributed by atoms with van der Waals surface area (Å²) in [6.07, 6.45) is 1.50. The number of benzene rings is 2. The standard InChI is InChI=1S/C17H15Br2NO/c18-14-5-1-11(2-6-14)13-9-16(20-17(21)10-13)12-3-7-15(19)8-4-12/h1-8,13,16H,9-10H2,(H,20,21). The minimum Gasteiger partial charge on any atom is -0.349 e. The Morgan fingerprint density at radius 3 is 1.95 bits per heavy atom. The average molecular weight is 409 g/mol. The SMILES string of the molecule is O=C1CC(c2ccc(Br)cc2)CC(c2ccc(Br)cc2)N1. The first-order valence-corrected chi connectivity index (χ1v) is 8.51. The Morgan fingerprint density at radius 1 is 0.857 bits per heavy atom. The van der Waals surface area contributed by atoms with Crippen molar-refractivity contribution in [3.8, 4) is 0 Å². The van der Waals surface area contributed by atoms with E-state index < -0.39 is 0 Å². The van der Waals surface area contributed by atoms with E-state index in [1.54, 1.807) is 0 Å². The van der Waals surface area contributed by atoms with Crippen LogP contribution in [0.5, 0.6) is 0 Å². The smallest absolute Gasteiger partial charge is 0.221 e. The Balaban J connectivity index is 1.82. The molecule has 1 N–H and O–H groups in total. The fourth-order valence-corrected chi connectivity index (χ4v) is 3.34. The Labute approximate surface area is 141 Å². The van der Waals surface area contributed by atoms with Crippen LogP contribution in [0.1, 0.15) is 35.9 Å². The normalized spacial score (nSPS) is 21.9. The molecule has 108 valence electrons. The number of carbonyl (C=O) groups is 1. The summed E-state index contributed by atoms with van der Waals surface area (Å²) in [5.74, 6) is 0.405. The van der Waals surface area contributed by atoms with E-state index >= 15 is 0 Å². The summed E-state index contributed by atoms with van der Waals surface area (Å²) >= 11 is 6.90. The molecular weight excluding hydrogens is 394 g/mol. The van der Waals surface area contributed by atoms with Gasteiger partial charge in [0, 0.05) is 15.4 Å². The molecule has 2 nitrogen and oxygen atoms in total. The third kappa shape index (κ3) is 3.55. The third-order valence-corrected chi connectivity index (χ3v) is 4.96. The van der Waals surface area contributed by atoms with Crippen LogP contribution in [0.3, 0.4) is 0 Å². The molecular formula is C17H15Br2NO. The maximum Gasteiger partial charge on any atom is 0.221 e. The molecule has 2 aromatic rings. The van der Waals surface area contributed by atoms with Crippen LogP contribution in [0.2, 0.25) is 0 Å². The van der Waals surface area contributed by atoms with Crippen molar-refractivity contribution in [2.45, 2.75) is 24.8 Å². The van der Waals surface area contributed by atoms with Crippen molar-refractivity contribution in [1.29, 1.82) is 0 Å². The number of rotatable bonds is 2.